The van der Waals surface area contributed by atoms with E-state index in [4.69, 9.17) is 60.8 Å². The van der Waals surface area contributed by atoms with E-state index in [1.54, 1.807) is 0 Å². The average molecular weight is 845 g/mol. The van der Waals surface area contributed by atoms with E-state index in [1.165, 1.54) is 97.1 Å². The second-order valence-electron chi connectivity index (χ2n) is 12.9. The van der Waals surface area contributed by atoms with Gasteiger partial charge in [-0.1, -0.05) is 0 Å². The van der Waals surface area contributed by atoms with Gasteiger partial charge in [-0.05, 0) is 97.1 Å². The van der Waals surface area contributed by atoms with E-state index in [1.807, 2.05) is 0 Å². The molecule has 20 nitrogen and oxygen atoms in total. The molecule has 320 valence electrons. The van der Waals surface area contributed by atoms with Crippen molar-refractivity contribution in [3.05, 3.63) is 119 Å². The Morgan fingerprint density at radius 1 is 0.344 bits per heavy atom. The zero-order valence-corrected chi connectivity index (χ0v) is 32.2. The van der Waals surface area contributed by atoms with Crippen molar-refractivity contribution < 1.29 is 76.3 Å². The smallest absolute Gasteiger partial charge is 0.462 e. The molecule has 0 aliphatic rings. The van der Waals surface area contributed by atoms with Crippen LogP contribution in [0, 0.1) is 5.41 Å². The highest BCUT2D eigenvalue weighted by molar-refractivity contribution is 5.98. The summed E-state index contributed by atoms with van der Waals surface area (Å²) in [5.74, 6) is -6.82. The Morgan fingerprint density at radius 2 is 0.623 bits per heavy atom. The van der Waals surface area contributed by atoms with Gasteiger partial charge < -0.3 is 60.8 Å². The molecule has 8 N–H and O–H groups in total. The molecule has 0 amide bonds. The number of ether oxygens (including phenoxy) is 8. The molecule has 61 heavy (non-hydrogen) atoms. The number of nitrogens with two attached hydrogens (primary N) is 4. The third-order valence-electron chi connectivity index (χ3n) is 8.07. The Morgan fingerprint density at radius 3 is 0.934 bits per heavy atom. The first-order chi connectivity index (χ1) is 29.1. The standard InChI is InChI=1S/C41H40N4O16/c42-29-9-1-25(2-10-29)33(46)17-57-40(53)61-24-41(21-58-34(47)18-54-37(50)26-3-11-30(43)12-4-26,22-59-35(48)19-55-38(51)27-5-13-31(44)14-6-27)23-60-36(49)20-56-39(52)28-7-15-32(45)16-8-28/h1-16H,17-24,42-45H2. The maximum Gasteiger partial charge on any atom is 0.508 e. The molecule has 0 fully saturated rings. The maximum absolute atomic E-state index is 12.9. The third-order valence-corrected chi connectivity index (χ3v) is 8.07. The summed E-state index contributed by atoms with van der Waals surface area (Å²) in [6.07, 6.45) is -1.43. The summed E-state index contributed by atoms with van der Waals surface area (Å²) >= 11 is 0. The highest BCUT2D eigenvalue weighted by Gasteiger charge is 2.39. The summed E-state index contributed by atoms with van der Waals surface area (Å²) in [6.45, 7) is -7.06. The van der Waals surface area contributed by atoms with E-state index in [9.17, 15) is 38.4 Å². The number of benzene rings is 4. The van der Waals surface area contributed by atoms with Gasteiger partial charge in [0, 0.05) is 28.3 Å². The number of rotatable bonds is 20. The topological polar surface area (TPSA) is 314 Å². The van der Waals surface area contributed by atoms with Crippen molar-refractivity contribution in [3.63, 3.8) is 0 Å². The SMILES string of the molecule is Nc1ccc(C(=O)COC(=O)OCC(COC(=O)COC(=O)c2ccc(N)cc2)(COC(=O)COC(=O)c2ccc(N)cc2)COC(=O)COC(=O)c2ccc(N)cc2)cc1. The Hall–Kier alpha value is -8.16. The minimum absolute atomic E-state index is 0.0613. The monoisotopic (exact) mass is 844 g/mol. The van der Waals surface area contributed by atoms with Gasteiger partial charge in [0.2, 0.25) is 0 Å². The van der Waals surface area contributed by atoms with Crippen LogP contribution in [0.1, 0.15) is 41.4 Å². The van der Waals surface area contributed by atoms with Crippen LogP contribution in [0.5, 0.6) is 0 Å². The van der Waals surface area contributed by atoms with Crippen LogP contribution < -0.4 is 22.9 Å². The quantitative estimate of drug-likeness (QED) is 0.0430. The summed E-state index contributed by atoms with van der Waals surface area (Å²) in [5.41, 5.74) is 22.4. The fraction of sp³-hybridized carbons (Fsp3) is 0.220. The van der Waals surface area contributed by atoms with Crippen molar-refractivity contribution >= 4 is 70.5 Å². The van der Waals surface area contributed by atoms with E-state index in [0.29, 0.717) is 22.7 Å². The van der Waals surface area contributed by atoms with Crippen LogP contribution in [-0.4, -0.2) is 101 Å². The molecule has 4 aromatic carbocycles. The number of ketones is 1. The van der Waals surface area contributed by atoms with Gasteiger partial charge in [0.25, 0.3) is 0 Å². The van der Waals surface area contributed by atoms with Gasteiger partial charge in [-0.2, -0.15) is 0 Å². The minimum atomic E-state index is -1.98. The number of esters is 6. The molecule has 4 rings (SSSR count). The summed E-state index contributed by atoms with van der Waals surface area (Å²) < 4.78 is 41.1. The Bertz CT molecular complexity index is 1880. The van der Waals surface area contributed by atoms with Crippen molar-refractivity contribution in [2.24, 2.45) is 5.41 Å². The number of anilines is 4. The molecule has 0 unspecified atom stereocenters. The molecular weight excluding hydrogens is 804 g/mol. The fourth-order valence-electron chi connectivity index (χ4n) is 4.69. The van der Waals surface area contributed by atoms with E-state index in [0.717, 1.165) is 0 Å². The molecular formula is C41H40N4O16. The van der Waals surface area contributed by atoms with E-state index in [-0.39, 0.29) is 22.3 Å². The van der Waals surface area contributed by atoms with Gasteiger partial charge in [-0.25, -0.2) is 33.6 Å². The molecule has 0 saturated carbocycles. The predicted octanol–water partition coefficient (Wildman–Crippen LogP) is 2.54. The molecule has 0 aromatic heterocycles. The molecule has 0 spiro atoms. The van der Waals surface area contributed by atoms with Gasteiger partial charge in [0.1, 0.15) is 31.8 Å². The van der Waals surface area contributed by atoms with Crippen LogP contribution >= 0.6 is 0 Å². The van der Waals surface area contributed by atoms with Crippen molar-refractivity contribution in [2.45, 2.75) is 0 Å². The Kier molecular flexibility index (Phi) is 16.5. The first kappa shape index (κ1) is 45.5. The lowest BCUT2D eigenvalue weighted by molar-refractivity contribution is -0.169. The van der Waals surface area contributed by atoms with Crippen molar-refractivity contribution in [3.8, 4) is 0 Å². The number of nitrogen functional groups attached to an aromatic ring is 4. The Labute approximate surface area is 346 Å². The van der Waals surface area contributed by atoms with Crippen LogP contribution in [0.4, 0.5) is 27.5 Å². The van der Waals surface area contributed by atoms with Gasteiger partial charge in [0.15, 0.2) is 32.2 Å². The fourth-order valence-corrected chi connectivity index (χ4v) is 4.69. The lowest BCUT2D eigenvalue weighted by atomic mass is 9.92. The highest BCUT2D eigenvalue weighted by atomic mass is 16.7. The van der Waals surface area contributed by atoms with Crippen LogP contribution in [0.15, 0.2) is 97.1 Å². The molecule has 20 heteroatoms. The van der Waals surface area contributed by atoms with Gasteiger partial charge in [-0.15, -0.1) is 0 Å². The predicted molar refractivity (Wildman–Crippen MR) is 211 cm³/mol. The van der Waals surface area contributed by atoms with Gasteiger partial charge in [0.05, 0.1) is 16.7 Å². The van der Waals surface area contributed by atoms with Crippen molar-refractivity contribution in [1.29, 1.82) is 0 Å². The number of carbonyl (C=O) groups is 8. The zero-order valence-electron chi connectivity index (χ0n) is 32.2. The average Bonchev–Trinajstić information content (AvgIpc) is 3.26. The molecule has 0 atom stereocenters. The van der Waals surface area contributed by atoms with Crippen molar-refractivity contribution in [1.82, 2.24) is 0 Å². The first-order valence-corrected chi connectivity index (χ1v) is 17.8. The van der Waals surface area contributed by atoms with E-state index < -0.39 is 106 Å². The normalized spacial score (nSPS) is 10.6. The largest absolute Gasteiger partial charge is 0.508 e. The third kappa shape index (κ3) is 15.3. The molecule has 0 aliphatic heterocycles. The summed E-state index contributed by atoms with van der Waals surface area (Å²) in [7, 11) is 0. The highest BCUT2D eigenvalue weighted by Crippen LogP contribution is 2.22. The summed E-state index contributed by atoms with van der Waals surface area (Å²) in [6, 6.07) is 22.5. The van der Waals surface area contributed by atoms with Crippen LogP contribution in [0.25, 0.3) is 0 Å². The second-order valence-corrected chi connectivity index (χ2v) is 12.9. The van der Waals surface area contributed by atoms with Crippen LogP contribution in [0.2, 0.25) is 0 Å². The number of hydrogen-bond acceptors (Lipinski definition) is 20. The van der Waals surface area contributed by atoms with E-state index in [2.05, 4.69) is 0 Å². The number of Topliss-reactive ketones (excluding diaryl/α,β-unsaturated/α-hetero) is 1. The van der Waals surface area contributed by atoms with Crippen LogP contribution in [-0.2, 0) is 52.3 Å². The molecule has 0 saturated heterocycles. The second kappa shape index (κ2) is 22.1. The summed E-state index contributed by atoms with van der Waals surface area (Å²) in [4.78, 5) is 101. The van der Waals surface area contributed by atoms with Gasteiger partial charge >= 0.3 is 42.0 Å². The number of carbonyl (C=O) groups excluding carboxylic acids is 8. The lowest BCUT2D eigenvalue weighted by Gasteiger charge is -2.31. The van der Waals surface area contributed by atoms with Crippen molar-refractivity contribution in [2.75, 3.05) is 75.8 Å². The molecule has 0 aliphatic carbocycles. The maximum atomic E-state index is 12.9. The van der Waals surface area contributed by atoms with Gasteiger partial charge in [-0.3, -0.25) is 4.79 Å². The molecule has 0 radical (unpaired) electrons. The first-order valence-electron chi connectivity index (χ1n) is 17.8. The molecule has 0 bridgehead atoms. The zero-order chi connectivity index (χ0) is 44.4. The summed E-state index contributed by atoms with van der Waals surface area (Å²) in [5, 5.41) is 0. The molecule has 4 aromatic rings. The number of hydrogen-bond donors (Lipinski definition) is 4. The van der Waals surface area contributed by atoms with Crippen LogP contribution in [0.3, 0.4) is 0 Å². The molecule has 0 heterocycles. The Balaban J connectivity index is 1.48. The van der Waals surface area contributed by atoms with E-state index >= 15 is 0 Å². The lowest BCUT2D eigenvalue weighted by Crippen LogP contribution is -2.45. The minimum Gasteiger partial charge on any atom is -0.462 e.